The minimum atomic E-state index is -1.06. The van der Waals surface area contributed by atoms with Crippen LogP contribution in [0.4, 0.5) is 11.9 Å². The molecule has 2 aliphatic rings. The molecule has 5 rings (SSSR count). The number of carboxylic acid groups (broad SMARTS) is 1. The first-order chi connectivity index (χ1) is 17.4. The van der Waals surface area contributed by atoms with Gasteiger partial charge in [-0.3, -0.25) is 4.79 Å². The Balaban J connectivity index is 1.50. The molecule has 0 fully saturated rings. The van der Waals surface area contributed by atoms with Crippen molar-refractivity contribution in [2.75, 3.05) is 31.9 Å². The fourth-order valence-corrected chi connectivity index (χ4v) is 4.77. The van der Waals surface area contributed by atoms with E-state index in [0.29, 0.717) is 41.6 Å². The monoisotopic (exact) mass is 491 g/mol. The van der Waals surface area contributed by atoms with Crippen LogP contribution in [-0.2, 0) is 9.59 Å². The average Bonchev–Trinajstić information content (AvgIpc) is 3.25. The van der Waals surface area contributed by atoms with Gasteiger partial charge < -0.3 is 30.4 Å². The minimum Gasteiger partial charge on any atom is -0.493 e. The molecule has 11 nitrogen and oxygen atoms in total. The van der Waals surface area contributed by atoms with Crippen LogP contribution in [-0.4, -0.2) is 52.5 Å². The van der Waals surface area contributed by atoms with Crippen LogP contribution in [0.3, 0.4) is 0 Å². The summed E-state index contributed by atoms with van der Waals surface area (Å²) in [4.78, 5) is 28.7. The molecule has 11 heteroatoms. The van der Waals surface area contributed by atoms with Gasteiger partial charge in [0.15, 0.2) is 23.9 Å². The van der Waals surface area contributed by atoms with Crippen molar-refractivity contribution < 1.29 is 28.9 Å². The lowest BCUT2D eigenvalue weighted by Gasteiger charge is -2.35. The summed E-state index contributed by atoms with van der Waals surface area (Å²) in [6, 6.07) is 12.1. The number of anilines is 2. The van der Waals surface area contributed by atoms with Crippen molar-refractivity contribution in [3.63, 3.8) is 0 Å². The third kappa shape index (κ3) is 4.19. The van der Waals surface area contributed by atoms with Crippen LogP contribution in [0.1, 0.15) is 35.9 Å². The summed E-state index contributed by atoms with van der Waals surface area (Å²) in [5.41, 5.74) is 9.01. The van der Waals surface area contributed by atoms with E-state index in [0.717, 1.165) is 16.8 Å². The highest BCUT2D eigenvalue weighted by molar-refractivity contribution is 6.00. The van der Waals surface area contributed by atoms with Gasteiger partial charge >= 0.3 is 5.97 Å². The topological polar surface area (TPSA) is 151 Å². The molecule has 0 amide bonds. The third-order valence-electron chi connectivity index (χ3n) is 6.37. The second-order valence-electron chi connectivity index (χ2n) is 8.55. The van der Waals surface area contributed by atoms with Crippen molar-refractivity contribution in [1.82, 2.24) is 14.8 Å². The maximum atomic E-state index is 13.6. The second-order valence-corrected chi connectivity index (χ2v) is 8.55. The van der Waals surface area contributed by atoms with Gasteiger partial charge in [0.05, 0.1) is 14.2 Å². The summed E-state index contributed by atoms with van der Waals surface area (Å²) < 4.78 is 17.6. The normalized spacial score (nSPS) is 18.7. The number of ether oxygens (including phenoxy) is 3. The number of Topliss-reactive ketones (excluding diaryl/α,β-unsaturated/α-hetero) is 1. The standard InChI is InChI=1S/C25H25N5O6/c1-34-19-8-5-14(11-20(19)35-2)15-9-17-22(18(31)10-15)23(30-25(27-17)28-24(26)29-30)13-3-6-16(7-4-13)36-12-21(32)33/h3-8,11,15,23H,9-10,12H2,1-2H3,(H,32,33)(H3,26,27,28,29)/t15-,23-/m1/s1. The number of hydrogen-bond donors (Lipinski definition) is 3. The number of hydrogen-bond acceptors (Lipinski definition) is 9. The lowest BCUT2D eigenvalue weighted by Crippen LogP contribution is -2.33. The number of carbonyl (C=O) groups excluding carboxylic acids is 1. The molecule has 1 aliphatic carbocycles. The SMILES string of the molecule is COc1ccc([C@H]2CC(=O)C3=C(C2)Nc2nc(N)nn2[C@@H]3c2ccc(OCC(=O)O)cc2)cc1OC. The van der Waals surface area contributed by atoms with Crippen LogP contribution in [0.25, 0.3) is 0 Å². The Labute approximate surface area is 206 Å². The zero-order valence-electron chi connectivity index (χ0n) is 19.7. The summed E-state index contributed by atoms with van der Waals surface area (Å²) in [7, 11) is 3.16. The Morgan fingerprint density at radius 1 is 1.11 bits per heavy atom. The van der Waals surface area contributed by atoms with Crippen molar-refractivity contribution in [2.45, 2.75) is 24.8 Å². The Morgan fingerprint density at radius 2 is 1.83 bits per heavy atom. The number of ketones is 1. The second kappa shape index (κ2) is 9.25. The zero-order chi connectivity index (χ0) is 25.4. The predicted molar refractivity (Wildman–Crippen MR) is 129 cm³/mol. The van der Waals surface area contributed by atoms with Crippen molar-refractivity contribution in [3.8, 4) is 17.2 Å². The van der Waals surface area contributed by atoms with Gasteiger partial charge in [-0.2, -0.15) is 4.98 Å². The Kier molecular flexibility index (Phi) is 5.96. The first-order valence-corrected chi connectivity index (χ1v) is 11.3. The number of benzene rings is 2. The van der Waals surface area contributed by atoms with Gasteiger partial charge in [-0.15, -0.1) is 5.10 Å². The summed E-state index contributed by atoms with van der Waals surface area (Å²) >= 11 is 0. The quantitative estimate of drug-likeness (QED) is 0.450. The zero-order valence-corrected chi connectivity index (χ0v) is 19.7. The van der Waals surface area contributed by atoms with E-state index in [9.17, 15) is 9.59 Å². The molecule has 0 saturated carbocycles. The fourth-order valence-electron chi connectivity index (χ4n) is 4.77. The maximum Gasteiger partial charge on any atom is 0.341 e. The Morgan fingerprint density at radius 3 is 2.53 bits per heavy atom. The molecule has 2 aromatic carbocycles. The summed E-state index contributed by atoms with van der Waals surface area (Å²) in [5.74, 6) is 1.03. The number of carbonyl (C=O) groups is 2. The molecule has 0 bridgehead atoms. The van der Waals surface area contributed by atoms with E-state index in [1.165, 1.54) is 0 Å². The first kappa shape index (κ1) is 23.2. The van der Waals surface area contributed by atoms with E-state index < -0.39 is 18.6 Å². The lowest BCUT2D eigenvalue weighted by molar-refractivity contribution is -0.139. The minimum absolute atomic E-state index is 0.0144. The number of methoxy groups -OCH3 is 2. The number of nitrogens with one attached hydrogen (secondary N) is 1. The van der Waals surface area contributed by atoms with Crippen molar-refractivity contribution in [3.05, 3.63) is 64.9 Å². The van der Waals surface area contributed by atoms with E-state index >= 15 is 0 Å². The van der Waals surface area contributed by atoms with Crippen LogP contribution in [0.2, 0.25) is 0 Å². The molecule has 186 valence electrons. The van der Waals surface area contributed by atoms with Gasteiger partial charge in [-0.1, -0.05) is 18.2 Å². The van der Waals surface area contributed by atoms with Gasteiger partial charge in [-0.25, -0.2) is 9.48 Å². The number of aliphatic carboxylic acids is 1. The highest BCUT2D eigenvalue weighted by Gasteiger charge is 2.39. The maximum absolute atomic E-state index is 13.6. The first-order valence-electron chi connectivity index (χ1n) is 11.3. The van der Waals surface area contributed by atoms with E-state index in [-0.39, 0.29) is 17.6 Å². The molecule has 0 radical (unpaired) electrons. The molecule has 2 atom stereocenters. The number of carboxylic acids is 1. The Bertz CT molecular complexity index is 1360. The number of allylic oxidation sites excluding steroid dienone is 2. The molecular weight excluding hydrogens is 466 g/mol. The van der Waals surface area contributed by atoms with Gasteiger partial charge in [0.25, 0.3) is 0 Å². The number of nitrogens with zero attached hydrogens (tertiary/aromatic N) is 3. The van der Waals surface area contributed by atoms with Gasteiger partial charge in [0.1, 0.15) is 11.8 Å². The molecule has 0 saturated heterocycles. The van der Waals surface area contributed by atoms with E-state index in [4.69, 9.17) is 25.1 Å². The predicted octanol–water partition coefficient (Wildman–Crippen LogP) is 2.76. The molecular formula is C25H25N5O6. The highest BCUT2D eigenvalue weighted by Crippen LogP contribution is 2.45. The van der Waals surface area contributed by atoms with Crippen LogP contribution in [0, 0.1) is 0 Å². The summed E-state index contributed by atoms with van der Waals surface area (Å²) in [6.07, 6.45) is 0.894. The van der Waals surface area contributed by atoms with Crippen LogP contribution in [0.15, 0.2) is 53.7 Å². The number of aromatic nitrogens is 3. The molecule has 36 heavy (non-hydrogen) atoms. The smallest absolute Gasteiger partial charge is 0.341 e. The van der Waals surface area contributed by atoms with Crippen LogP contribution >= 0.6 is 0 Å². The Hall–Kier alpha value is -4.54. The number of nitrogen functional groups attached to an aromatic ring is 1. The molecule has 0 unspecified atom stereocenters. The van der Waals surface area contributed by atoms with E-state index in [1.807, 2.05) is 18.2 Å². The number of fused-ring (bicyclic) bond motifs is 1. The molecule has 1 aliphatic heterocycles. The molecule has 1 aromatic heterocycles. The molecule has 2 heterocycles. The number of rotatable bonds is 7. The number of nitrogens with two attached hydrogens (primary N) is 1. The van der Waals surface area contributed by atoms with E-state index in [2.05, 4.69) is 15.4 Å². The van der Waals surface area contributed by atoms with Crippen molar-refractivity contribution in [2.24, 2.45) is 0 Å². The lowest BCUT2D eigenvalue weighted by atomic mass is 9.78. The van der Waals surface area contributed by atoms with Crippen molar-refractivity contribution in [1.29, 1.82) is 0 Å². The van der Waals surface area contributed by atoms with Crippen molar-refractivity contribution >= 4 is 23.6 Å². The van der Waals surface area contributed by atoms with Gasteiger partial charge in [0, 0.05) is 17.7 Å². The highest BCUT2D eigenvalue weighted by atomic mass is 16.5. The fraction of sp³-hybridized carbons (Fsp3) is 0.280. The van der Waals surface area contributed by atoms with E-state index in [1.54, 1.807) is 43.2 Å². The molecule has 0 spiro atoms. The summed E-state index contributed by atoms with van der Waals surface area (Å²) in [5, 5.41) is 16.4. The summed E-state index contributed by atoms with van der Waals surface area (Å²) in [6.45, 7) is -0.443. The van der Waals surface area contributed by atoms with Crippen LogP contribution in [0.5, 0.6) is 17.2 Å². The third-order valence-corrected chi connectivity index (χ3v) is 6.37. The largest absolute Gasteiger partial charge is 0.493 e. The van der Waals surface area contributed by atoms with Crippen LogP contribution < -0.4 is 25.3 Å². The molecule has 3 aromatic rings. The molecule has 4 N–H and O–H groups in total. The average molecular weight is 492 g/mol. The van der Waals surface area contributed by atoms with Gasteiger partial charge in [0.2, 0.25) is 11.9 Å². The van der Waals surface area contributed by atoms with Gasteiger partial charge in [-0.05, 0) is 47.7 Å².